The molecule has 2 fully saturated rings. The van der Waals surface area contributed by atoms with Gasteiger partial charge in [0, 0.05) is 62.7 Å². The third-order valence-corrected chi connectivity index (χ3v) is 8.18. The summed E-state index contributed by atoms with van der Waals surface area (Å²) in [6, 6.07) is 7.95. The first kappa shape index (κ1) is 26.2. The molecule has 3 aromatic heterocycles. The van der Waals surface area contributed by atoms with Crippen molar-refractivity contribution in [3.05, 3.63) is 54.0 Å². The van der Waals surface area contributed by atoms with Crippen LogP contribution in [-0.4, -0.2) is 62.5 Å². The summed E-state index contributed by atoms with van der Waals surface area (Å²) in [5.74, 6) is 1.02. The molecule has 6 heterocycles. The Labute approximate surface area is 234 Å². The highest BCUT2D eigenvalue weighted by molar-refractivity contribution is 5.88. The van der Waals surface area contributed by atoms with Gasteiger partial charge in [-0.3, -0.25) is 9.67 Å². The molecule has 0 radical (unpaired) electrons. The summed E-state index contributed by atoms with van der Waals surface area (Å²) in [5, 5.41) is 13.0. The highest BCUT2D eigenvalue weighted by Crippen LogP contribution is 2.39. The molecule has 0 saturated carbocycles. The van der Waals surface area contributed by atoms with Gasteiger partial charge in [-0.15, -0.1) is 10.2 Å². The number of pyridine rings is 1. The van der Waals surface area contributed by atoms with E-state index in [1.165, 1.54) is 0 Å². The van der Waals surface area contributed by atoms with Crippen molar-refractivity contribution < 1.29 is 27.4 Å². The maximum Gasteiger partial charge on any atom is 0.451 e. The van der Waals surface area contributed by atoms with Crippen LogP contribution in [-0.2, 0) is 28.7 Å². The molecular formula is C28H30F3N7O3. The predicted molar refractivity (Wildman–Crippen MR) is 142 cm³/mol. The van der Waals surface area contributed by atoms with E-state index >= 15 is 0 Å². The lowest BCUT2D eigenvalue weighted by Crippen LogP contribution is -2.35. The Kier molecular flexibility index (Phi) is 6.78. The lowest BCUT2D eigenvalue weighted by molar-refractivity contribution is -0.147. The quantitative estimate of drug-likeness (QED) is 0.328. The van der Waals surface area contributed by atoms with Gasteiger partial charge in [0.1, 0.15) is 11.4 Å². The van der Waals surface area contributed by atoms with Crippen molar-refractivity contribution in [2.24, 2.45) is 0 Å². The Morgan fingerprint density at radius 1 is 0.902 bits per heavy atom. The average molecular weight is 570 g/mol. The maximum absolute atomic E-state index is 13.3. The molecular weight excluding hydrogens is 539 g/mol. The van der Waals surface area contributed by atoms with E-state index in [0.29, 0.717) is 25.5 Å². The number of aromatic nitrogens is 6. The number of ether oxygens (including phenoxy) is 3. The lowest BCUT2D eigenvalue weighted by Gasteiger charge is -2.30. The molecule has 216 valence electrons. The fourth-order valence-corrected chi connectivity index (χ4v) is 5.96. The average Bonchev–Trinajstić information content (AvgIpc) is 3.62. The first-order chi connectivity index (χ1) is 19.9. The van der Waals surface area contributed by atoms with E-state index in [1.54, 1.807) is 6.20 Å². The van der Waals surface area contributed by atoms with Crippen molar-refractivity contribution in [3.8, 4) is 11.5 Å². The number of rotatable bonds is 5. The minimum Gasteiger partial charge on any atom is -0.453 e. The van der Waals surface area contributed by atoms with Crippen LogP contribution in [0.25, 0.3) is 10.9 Å². The molecule has 13 heteroatoms. The molecule has 0 atom stereocenters. The summed E-state index contributed by atoms with van der Waals surface area (Å²) in [5.41, 5.74) is 2.53. The number of hydrogen-bond acceptors (Lipinski definition) is 8. The Hall–Kier alpha value is -3.71. The van der Waals surface area contributed by atoms with Crippen LogP contribution in [0.4, 0.5) is 18.9 Å². The Morgan fingerprint density at radius 3 is 2.46 bits per heavy atom. The van der Waals surface area contributed by atoms with Crippen LogP contribution >= 0.6 is 0 Å². The van der Waals surface area contributed by atoms with E-state index in [4.69, 9.17) is 19.3 Å². The van der Waals surface area contributed by atoms with Gasteiger partial charge >= 0.3 is 6.18 Å². The van der Waals surface area contributed by atoms with Crippen LogP contribution in [0.15, 0.2) is 36.7 Å². The van der Waals surface area contributed by atoms with Gasteiger partial charge < -0.3 is 23.7 Å². The standard InChI is InChI=1S/C28H30F3N7O3/c29-28(30,31)27-34-33-25-17-36(9-10-37(25)27)20-1-2-21-22(15-20)32-8-3-23(21)41-24-16-38(19-6-13-40-14-7-19)35-26(24)18-4-11-39-12-5-18/h1-3,8,15-16,18-19H,4-7,9-14,17H2. The van der Waals surface area contributed by atoms with Crippen molar-refractivity contribution in [1.29, 1.82) is 0 Å². The van der Waals surface area contributed by atoms with Gasteiger partial charge in [0.2, 0.25) is 5.82 Å². The summed E-state index contributed by atoms with van der Waals surface area (Å²) < 4.78 is 60.7. The zero-order valence-electron chi connectivity index (χ0n) is 22.4. The zero-order chi connectivity index (χ0) is 28.0. The minimum atomic E-state index is -4.53. The van der Waals surface area contributed by atoms with Crippen LogP contribution in [0.1, 0.15) is 55.0 Å². The molecule has 4 aromatic rings. The van der Waals surface area contributed by atoms with Crippen molar-refractivity contribution in [2.45, 2.75) is 56.9 Å². The molecule has 10 nitrogen and oxygen atoms in total. The number of halogens is 3. The van der Waals surface area contributed by atoms with Gasteiger partial charge in [0.15, 0.2) is 11.6 Å². The third-order valence-electron chi connectivity index (χ3n) is 8.18. The van der Waals surface area contributed by atoms with Gasteiger partial charge in [0.25, 0.3) is 0 Å². The van der Waals surface area contributed by atoms with Crippen LogP contribution in [0.2, 0.25) is 0 Å². The van der Waals surface area contributed by atoms with E-state index in [2.05, 4.69) is 15.2 Å². The number of alkyl halides is 3. The molecule has 0 bridgehead atoms. The van der Waals surface area contributed by atoms with Crippen LogP contribution < -0.4 is 9.64 Å². The van der Waals surface area contributed by atoms with Crippen molar-refractivity contribution in [1.82, 2.24) is 29.5 Å². The molecule has 1 aromatic carbocycles. The molecule has 3 aliphatic heterocycles. The Balaban J connectivity index is 1.16. The fourth-order valence-electron chi connectivity index (χ4n) is 5.96. The smallest absolute Gasteiger partial charge is 0.451 e. The summed E-state index contributed by atoms with van der Waals surface area (Å²) in [4.78, 5) is 6.56. The summed E-state index contributed by atoms with van der Waals surface area (Å²) in [6.45, 7) is 3.64. The summed E-state index contributed by atoms with van der Waals surface area (Å²) >= 11 is 0. The second-order valence-corrected chi connectivity index (χ2v) is 10.7. The molecule has 0 N–H and O–H groups in total. The molecule has 0 aliphatic carbocycles. The second-order valence-electron chi connectivity index (χ2n) is 10.7. The monoisotopic (exact) mass is 569 g/mol. The van der Waals surface area contributed by atoms with E-state index < -0.39 is 12.0 Å². The predicted octanol–water partition coefficient (Wildman–Crippen LogP) is 5.10. The Morgan fingerprint density at radius 2 is 1.68 bits per heavy atom. The van der Waals surface area contributed by atoms with E-state index in [-0.39, 0.29) is 30.9 Å². The van der Waals surface area contributed by atoms with Gasteiger partial charge in [-0.2, -0.15) is 18.3 Å². The molecule has 0 spiro atoms. The Bertz CT molecular complexity index is 1540. The highest BCUT2D eigenvalue weighted by Gasteiger charge is 2.39. The summed E-state index contributed by atoms with van der Waals surface area (Å²) in [6.07, 6.45) is 2.83. The fraction of sp³-hybridized carbons (Fsp3) is 0.500. The number of nitrogens with zero attached hydrogens (tertiary/aromatic N) is 7. The number of benzene rings is 1. The topological polar surface area (TPSA) is 92.4 Å². The number of hydrogen-bond donors (Lipinski definition) is 0. The van der Waals surface area contributed by atoms with E-state index in [0.717, 1.165) is 71.5 Å². The molecule has 7 rings (SSSR count). The van der Waals surface area contributed by atoms with E-state index in [1.807, 2.05) is 40.0 Å². The number of anilines is 1. The second kappa shape index (κ2) is 10.6. The van der Waals surface area contributed by atoms with Crippen LogP contribution in [0.3, 0.4) is 0 Å². The lowest BCUT2D eigenvalue weighted by atomic mass is 9.96. The SMILES string of the molecule is FC(F)(F)c1nnc2n1CCN(c1ccc3c(Oc4cn(C5CCOCC5)nc4C4CCOCC4)ccnc3c1)C2. The van der Waals surface area contributed by atoms with E-state index in [9.17, 15) is 13.2 Å². The van der Waals surface area contributed by atoms with Crippen LogP contribution in [0.5, 0.6) is 11.5 Å². The highest BCUT2D eigenvalue weighted by atomic mass is 19.4. The molecule has 3 aliphatic rings. The largest absolute Gasteiger partial charge is 0.453 e. The molecule has 41 heavy (non-hydrogen) atoms. The third kappa shape index (κ3) is 5.12. The minimum absolute atomic E-state index is 0.151. The van der Waals surface area contributed by atoms with Crippen molar-refractivity contribution >= 4 is 16.6 Å². The number of fused-ring (bicyclic) bond motifs is 2. The van der Waals surface area contributed by atoms with Crippen molar-refractivity contribution in [3.63, 3.8) is 0 Å². The van der Waals surface area contributed by atoms with Gasteiger partial charge in [0.05, 0.1) is 24.3 Å². The maximum atomic E-state index is 13.3. The first-order valence-electron chi connectivity index (χ1n) is 14.0. The summed E-state index contributed by atoms with van der Waals surface area (Å²) in [7, 11) is 0. The van der Waals surface area contributed by atoms with Gasteiger partial charge in [-0.05, 0) is 49.9 Å². The van der Waals surface area contributed by atoms with Crippen LogP contribution in [0, 0.1) is 0 Å². The van der Waals surface area contributed by atoms with Crippen molar-refractivity contribution in [2.75, 3.05) is 37.9 Å². The van der Waals surface area contributed by atoms with Gasteiger partial charge in [-0.25, -0.2) is 0 Å². The molecule has 0 unspecified atom stereocenters. The zero-order valence-corrected chi connectivity index (χ0v) is 22.4. The first-order valence-corrected chi connectivity index (χ1v) is 14.0. The molecule has 0 amide bonds. The van der Waals surface area contributed by atoms with Gasteiger partial charge in [-0.1, -0.05) is 0 Å². The normalized spacial score (nSPS) is 19.0. The molecule has 2 saturated heterocycles.